The van der Waals surface area contributed by atoms with Crippen molar-refractivity contribution in [3.63, 3.8) is 0 Å². The van der Waals surface area contributed by atoms with Crippen LogP contribution in [0.2, 0.25) is 0 Å². The van der Waals surface area contributed by atoms with Crippen molar-refractivity contribution in [2.45, 2.75) is 134 Å². The van der Waals surface area contributed by atoms with Crippen molar-refractivity contribution in [1.29, 1.82) is 0 Å². The largest absolute Gasteiger partial charge is 0.481 e. The average molecular weight is 828 g/mol. The second kappa shape index (κ2) is 29.3. The van der Waals surface area contributed by atoms with Gasteiger partial charge in [-0.3, -0.25) is 43.7 Å². The fourth-order valence-corrected chi connectivity index (χ4v) is 5.67. The Morgan fingerprint density at radius 2 is 0.914 bits per heavy atom. The number of nitrogens with one attached hydrogen (secondary N) is 5. The summed E-state index contributed by atoms with van der Waals surface area (Å²) in [6, 6.07) is -5.68. The Balaban J connectivity index is 0.00000773. The summed E-state index contributed by atoms with van der Waals surface area (Å²) in [5, 5.41) is 30.8. The third-order valence-corrected chi connectivity index (χ3v) is 8.51. The van der Waals surface area contributed by atoms with Gasteiger partial charge >= 0.3 is 5.97 Å². The van der Waals surface area contributed by atoms with E-state index < -0.39 is 71.7 Å². The quantitative estimate of drug-likeness (QED) is 0.0223. The molecule has 1 rings (SSSR count). The molecule has 1 aliphatic carbocycles. The molecule has 0 heterocycles. The van der Waals surface area contributed by atoms with Crippen LogP contribution in [-0.2, 0) is 33.6 Å². The molecule has 24 heteroatoms. The van der Waals surface area contributed by atoms with Gasteiger partial charge in [-0.05, 0) is 64.7 Å². The van der Waals surface area contributed by atoms with Gasteiger partial charge in [-0.15, -0.1) is 0 Å². The summed E-state index contributed by atoms with van der Waals surface area (Å²) in [4.78, 5) is 98.4. The fourth-order valence-electron chi connectivity index (χ4n) is 5.67. The molecular formula is C34H65N15O9. The van der Waals surface area contributed by atoms with E-state index in [1.54, 1.807) is 6.92 Å². The standard InChI is InChI=1S/C32H61N15O7.C2H4O2/c1-18(43-19-8-3-2-4-9-19)25(49)44-20(10-5-15-40-30(34)35)26(50)46-22(13-14-24(33)48)28(52)45-21(11-6-16-41-31(36)37)27(51)47-23(29(53)54)12-7-17-42-32(38)39;1-2(3)4/h18-23,43H,2-17H2,1H3,(H2,33,48)(H,44,49)(H,45,52)(H,46,50)(H,47,51)(H,53,54)(H4,34,35,40)(H4,36,37,41)(H4,38,39,42);1H3,(H,3,4)/t18-,20+,21+,22+,23+;/m0./s1. The third-order valence-electron chi connectivity index (χ3n) is 8.51. The van der Waals surface area contributed by atoms with Crippen LogP contribution in [0, 0.1) is 0 Å². The molecule has 5 atom stereocenters. The summed E-state index contributed by atoms with van der Waals surface area (Å²) in [7, 11) is 0. The van der Waals surface area contributed by atoms with Crippen molar-refractivity contribution in [2.75, 3.05) is 19.6 Å². The second-order valence-corrected chi connectivity index (χ2v) is 13.7. The SMILES string of the molecule is CC(=O)O.C[C@H](NC1CCCCC1)C(=O)N[C@H](CCCN=C(N)N)C(=O)N[C@H](CCC(N)=O)C(=O)N[C@H](CCCN=C(N)N)C(=O)N[C@H](CCCN=C(N)N)C(=O)O. The van der Waals surface area contributed by atoms with Crippen molar-refractivity contribution in [3.05, 3.63) is 0 Å². The van der Waals surface area contributed by atoms with Crippen LogP contribution in [-0.4, -0.2) is 125 Å². The zero-order valence-corrected chi connectivity index (χ0v) is 33.4. The van der Waals surface area contributed by atoms with E-state index in [-0.39, 0.29) is 94.9 Å². The number of amides is 5. The minimum Gasteiger partial charge on any atom is -0.481 e. The Bertz CT molecular complexity index is 1420. The Morgan fingerprint density at radius 1 is 0.569 bits per heavy atom. The number of nitrogens with two attached hydrogens (primary N) is 7. The summed E-state index contributed by atoms with van der Waals surface area (Å²) in [6.45, 7) is 3.14. The van der Waals surface area contributed by atoms with Gasteiger partial charge in [0.2, 0.25) is 29.5 Å². The molecule has 0 radical (unpaired) electrons. The van der Waals surface area contributed by atoms with Gasteiger partial charge in [0.05, 0.1) is 6.04 Å². The zero-order chi connectivity index (χ0) is 44.2. The highest BCUT2D eigenvalue weighted by atomic mass is 16.4. The number of hydrogen-bond acceptors (Lipinski definition) is 11. The Hall–Kier alpha value is -5.94. The highest BCUT2D eigenvalue weighted by Crippen LogP contribution is 2.18. The van der Waals surface area contributed by atoms with E-state index in [0.29, 0.717) is 0 Å². The monoisotopic (exact) mass is 828 g/mol. The maximum atomic E-state index is 13.7. The molecule has 330 valence electrons. The Kier molecular flexibility index (Phi) is 26.3. The number of nitrogens with zero attached hydrogens (tertiary/aromatic N) is 3. The van der Waals surface area contributed by atoms with Crippen LogP contribution in [0.15, 0.2) is 15.0 Å². The minimum atomic E-state index is -1.40. The molecule has 24 nitrogen and oxygen atoms in total. The number of primary amides is 1. The van der Waals surface area contributed by atoms with E-state index in [9.17, 15) is 33.9 Å². The number of rotatable bonds is 26. The van der Waals surface area contributed by atoms with Crippen LogP contribution in [0.4, 0.5) is 0 Å². The van der Waals surface area contributed by atoms with Gasteiger partial charge in [-0.2, -0.15) is 0 Å². The van der Waals surface area contributed by atoms with E-state index >= 15 is 0 Å². The van der Waals surface area contributed by atoms with E-state index in [4.69, 9.17) is 50.0 Å². The van der Waals surface area contributed by atoms with Crippen LogP contribution in [0.3, 0.4) is 0 Å². The smallest absolute Gasteiger partial charge is 0.326 e. The van der Waals surface area contributed by atoms with Crippen LogP contribution < -0.4 is 66.7 Å². The predicted octanol–water partition coefficient (Wildman–Crippen LogP) is -4.16. The van der Waals surface area contributed by atoms with Crippen molar-refractivity contribution in [2.24, 2.45) is 55.1 Å². The first kappa shape index (κ1) is 52.1. The molecule has 1 saturated carbocycles. The summed E-state index contributed by atoms with van der Waals surface area (Å²) < 4.78 is 0. The van der Waals surface area contributed by atoms with Crippen molar-refractivity contribution in [3.8, 4) is 0 Å². The molecule has 58 heavy (non-hydrogen) atoms. The number of carbonyl (C=O) groups excluding carboxylic acids is 5. The molecule has 0 aromatic carbocycles. The first-order valence-corrected chi connectivity index (χ1v) is 19.1. The van der Waals surface area contributed by atoms with Crippen LogP contribution in [0.25, 0.3) is 0 Å². The molecule has 0 saturated heterocycles. The number of aliphatic carboxylic acids is 2. The topological polar surface area (TPSA) is 439 Å². The lowest BCUT2D eigenvalue weighted by molar-refractivity contribution is -0.142. The van der Waals surface area contributed by atoms with Crippen LogP contribution in [0.1, 0.15) is 97.3 Å². The van der Waals surface area contributed by atoms with Gasteiger partial charge in [-0.1, -0.05) is 19.3 Å². The van der Waals surface area contributed by atoms with Gasteiger partial charge < -0.3 is 76.9 Å². The van der Waals surface area contributed by atoms with Crippen molar-refractivity contribution < 1.29 is 43.8 Å². The van der Waals surface area contributed by atoms with E-state index in [2.05, 4.69) is 41.6 Å². The number of aliphatic imine (C=N–C) groups is 3. The molecule has 0 aromatic heterocycles. The molecule has 1 fully saturated rings. The summed E-state index contributed by atoms with van der Waals surface area (Å²) in [5.41, 5.74) is 37.6. The highest BCUT2D eigenvalue weighted by Gasteiger charge is 2.32. The molecule has 0 unspecified atom stereocenters. The highest BCUT2D eigenvalue weighted by molar-refractivity contribution is 5.95. The molecule has 0 bridgehead atoms. The lowest BCUT2D eigenvalue weighted by Gasteiger charge is -2.28. The lowest BCUT2D eigenvalue weighted by Crippen LogP contribution is -2.59. The molecule has 0 spiro atoms. The van der Waals surface area contributed by atoms with Crippen LogP contribution in [0.5, 0.6) is 0 Å². The summed E-state index contributed by atoms with van der Waals surface area (Å²) in [5.74, 6) is -6.34. The maximum Gasteiger partial charge on any atom is 0.326 e. The lowest BCUT2D eigenvalue weighted by atomic mass is 9.95. The van der Waals surface area contributed by atoms with Crippen molar-refractivity contribution >= 4 is 59.4 Å². The minimum absolute atomic E-state index is 0.0328. The van der Waals surface area contributed by atoms with E-state index in [1.165, 1.54) is 0 Å². The first-order valence-electron chi connectivity index (χ1n) is 19.1. The molecule has 0 aliphatic heterocycles. The van der Waals surface area contributed by atoms with Gasteiger partial charge in [0.1, 0.15) is 24.2 Å². The van der Waals surface area contributed by atoms with Gasteiger partial charge in [0.25, 0.3) is 5.97 Å². The molecule has 0 aromatic rings. The van der Waals surface area contributed by atoms with Gasteiger partial charge in [0.15, 0.2) is 17.9 Å². The van der Waals surface area contributed by atoms with Gasteiger partial charge in [0, 0.05) is 39.0 Å². The zero-order valence-electron chi connectivity index (χ0n) is 33.4. The van der Waals surface area contributed by atoms with E-state index in [0.717, 1.165) is 39.0 Å². The summed E-state index contributed by atoms with van der Waals surface area (Å²) in [6.07, 6.45) is 5.23. The number of carboxylic acid groups (broad SMARTS) is 2. The molecule has 5 amide bonds. The molecule has 1 aliphatic rings. The number of hydrogen-bond donors (Lipinski definition) is 14. The Morgan fingerprint density at radius 3 is 1.28 bits per heavy atom. The third kappa shape index (κ3) is 26.0. The average Bonchev–Trinajstić information content (AvgIpc) is 3.13. The predicted molar refractivity (Wildman–Crippen MR) is 216 cm³/mol. The normalized spacial score (nSPS) is 14.9. The van der Waals surface area contributed by atoms with E-state index in [1.807, 2.05) is 0 Å². The Labute approximate surface area is 337 Å². The fraction of sp³-hybridized carbons (Fsp3) is 0.706. The first-order chi connectivity index (χ1) is 27.2. The van der Waals surface area contributed by atoms with Crippen LogP contribution >= 0.6 is 0 Å². The van der Waals surface area contributed by atoms with Crippen molar-refractivity contribution in [1.82, 2.24) is 26.6 Å². The summed E-state index contributed by atoms with van der Waals surface area (Å²) >= 11 is 0. The molecular weight excluding hydrogens is 762 g/mol. The number of carbonyl (C=O) groups is 7. The number of carboxylic acids is 2. The second-order valence-electron chi connectivity index (χ2n) is 13.7. The van der Waals surface area contributed by atoms with Gasteiger partial charge in [-0.25, -0.2) is 4.79 Å². The maximum absolute atomic E-state index is 13.7. The number of guanidine groups is 3. The molecule has 21 N–H and O–H groups in total.